The molecule has 0 aromatic heterocycles. The van der Waals surface area contributed by atoms with Crippen molar-refractivity contribution in [2.24, 2.45) is 5.92 Å². The van der Waals surface area contributed by atoms with Crippen LogP contribution >= 0.6 is 0 Å². The van der Waals surface area contributed by atoms with Crippen molar-refractivity contribution in [2.75, 3.05) is 7.11 Å². The highest BCUT2D eigenvalue weighted by atomic mass is 16.5. The molecule has 0 radical (unpaired) electrons. The molecule has 92 valence electrons. The third-order valence-electron chi connectivity index (χ3n) is 2.45. The zero-order valence-corrected chi connectivity index (χ0v) is 10.5. The molecular weight excluding hydrogens is 216 g/mol. The van der Waals surface area contributed by atoms with E-state index in [0.717, 1.165) is 6.42 Å². The summed E-state index contributed by atoms with van der Waals surface area (Å²) >= 11 is 0. The van der Waals surface area contributed by atoms with Crippen molar-refractivity contribution in [1.29, 1.82) is 0 Å². The Kier molecular flexibility index (Phi) is 4.88. The van der Waals surface area contributed by atoms with Gasteiger partial charge in [0, 0.05) is 5.56 Å². The molecule has 0 N–H and O–H groups in total. The standard InChI is InChI=1S/C14H18O3/c1-10(2)8-11-4-6-12(7-5-11)13(15)9-14(16)17-3/h4-7,10H,8-9H2,1-3H3. The summed E-state index contributed by atoms with van der Waals surface area (Å²) in [5, 5.41) is 0. The summed E-state index contributed by atoms with van der Waals surface area (Å²) in [6.07, 6.45) is 0.797. The van der Waals surface area contributed by atoms with Crippen molar-refractivity contribution in [3.8, 4) is 0 Å². The van der Waals surface area contributed by atoms with Crippen LogP contribution in [0.5, 0.6) is 0 Å². The minimum absolute atomic E-state index is 0.194. The Balaban J connectivity index is 2.67. The van der Waals surface area contributed by atoms with Gasteiger partial charge in [-0.25, -0.2) is 0 Å². The van der Waals surface area contributed by atoms with Crippen LogP contribution in [0.1, 0.15) is 36.2 Å². The lowest BCUT2D eigenvalue weighted by Crippen LogP contribution is -2.09. The molecule has 0 fully saturated rings. The van der Waals surface area contributed by atoms with Gasteiger partial charge in [-0.05, 0) is 17.9 Å². The molecule has 1 rings (SSSR count). The number of hydrogen-bond donors (Lipinski definition) is 0. The second kappa shape index (κ2) is 6.18. The fraction of sp³-hybridized carbons (Fsp3) is 0.429. The van der Waals surface area contributed by atoms with Crippen molar-refractivity contribution >= 4 is 11.8 Å². The predicted octanol–water partition coefficient (Wildman–Crippen LogP) is 2.63. The number of esters is 1. The number of benzene rings is 1. The highest BCUT2D eigenvalue weighted by Gasteiger charge is 2.11. The monoisotopic (exact) mass is 234 g/mol. The maximum Gasteiger partial charge on any atom is 0.313 e. The average Bonchev–Trinajstić information content (AvgIpc) is 2.28. The van der Waals surface area contributed by atoms with E-state index in [1.54, 1.807) is 12.1 Å². The van der Waals surface area contributed by atoms with Crippen molar-refractivity contribution < 1.29 is 14.3 Å². The second-order valence-corrected chi connectivity index (χ2v) is 4.47. The van der Waals surface area contributed by atoms with E-state index in [1.807, 2.05) is 12.1 Å². The first-order valence-electron chi connectivity index (χ1n) is 5.72. The van der Waals surface area contributed by atoms with Gasteiger partial charge in [-0.15, -0.1) is 0 Å². The Bertz CT molecular complexity index is 390. The second-order valence-electron chi connectivity index (χ2n) is 4.47. The number of rotatable bonds is 5. The lowest BCUT2D eigenvalue weighted by atomic mass is 10.00. The molecule has 0 heterocycles. The van der Waals surface area contributed by atoms with Gasteiger partial charge in [0.05, 0.1) is 7.11 Å². The lowest BCUT2D eigenvalue weighted by Gasteiger charge is -2.05. The molecule has 0 saturated heterocycles. The Hall–Kier alpha value is -1.64. The van der Waals surface area contributed by atoms with E-state index in [2.05, 4.69) is 18.6 Å². The summed E-state index contributed by atoms with van der Waals surface area (Å²) in [5.74, 6) is -0.110. The fourth-order valence-electron chi connectivity index (χ4n) is 1.60. The number of carbonyl (C=O) groups is 2. The van der Waals surface area contributed by atoms with Gasteiger partial charge in [0.1, 0.15) is 6.42 Å². The number of methoxy groups -OCH3 is 1. The van der Waals surface area contributed by atoms with Gasteiger partial charge in [-0.2, -0.15) is 0 Å². The molecule has 0 atom stereocenters. The quantitative estimate of drug-likeness (QED) is 0.447. The molecule has 0 unspecified atom stereocenters. The topological polar surface area (TPSA) is 43.4 Å². The number of carbonyl (C=O) groups excluding carboxylic acids is 2. The molecule has 0 aliphatic carbocycles. The van der Waals surface area contributed by atoms with E-state index in [4.69, 9.17) is 0 Å². The maximum atomic E-state index is 11.6. The minimum Gasteiger partial charge on any atom is -0.469 e. The lowest BCUT2D eigenvalue weighted by molar-refractivity contribution is -0.139. The van der Waals surface area contributed by atoms with Crippen molar-refractivity contribution in [3.63, 3.8) is 0 Å². The van der Waals surface area contributed by atoms with Crippen LogP contribution in [0.3, 0.4) is 0 Å². The summed E-state index contributed by atoms with van der Waals surface area (Å²) in [6, 6.07) is 7.40. The fourth-order valence-corrected chi connectivity index (χ4v) is 1.60. The molecule has 0 amide bonds. The Morgan fingerprint density at radius 3 is 2.24 bits per heavy atom. The SMILES string of the molecule is COC(=O)CC(=O)c1ccc(CC(C)C)cc1. The van der Waals surface area contributed by atoms with Gasteiger partial charge in [-0.1, -0.05) is 38.1 Å². The van der Waals surface area contributed by atoms with Gasteiger partial charge < -0.3 is 4.74 Å². The van der Waals surface area contributed by atoms with E-state index < -0.39 is 5.97 Å². The third-order valence-corrected chi connectivity index (χ3v) is 2.45. The van der Waals surface area contributed by atoms with Gasteiger partial charge in [0.15, 0.2) is 5.78 Å². The number of ketones is 1. The Morgan fingerprint density at radius 1 is 1.18 bits per heavy atom. The molecular formula is C14H18O3. The summed E-state index contributed by atoms with van der Waals surface area (Å²) in [4.78, 5) is 22.6. The molecule has 1 aromatic rings. The van der Waals surface area contributed by atoms with Crippen molar-refractivity contribution in [1.82, 2.24) is 0 Å². The Morgan fingerprint density at radius 2 is 1.76 bits per heavy atom. The number of ether oxygens (including phenoxy) is 1. The molecule has 0 aliphatic heterocycles. The maximum absolute atomic E-state index is 11.6. The first kappa shape index (κ1) is 13.4. The minimum atomic E-state index is -0.499. The van der Waals surface area contributed by atoms with Gasteiger partial charge in [-0.3, -0.25) is 9.59 Å². The van der Waals surface area contributed by atoms with Crippen LogP contribution in [0.4, 0.5) is 0 Å². The van der Waals surface area contributed by atoms with E-state index in [1.165, 1.54) is 12.7 Å². The predicted molar refractivity (Wildman–Crippen MR) is 65.9 cm³/mol. The molecule has 17 heavy (non-hydrogen) atoms. The summed E-state index contributed by atoms with van der Waals surface area (Å²) in [7, 11) is 1.28. The molecule has 0 spiro atoms. The van der Waals surface area contributed by atoms with Crippen LogP contribution in [0, 0.1) is 5.92 Å². The van der Waals surface area contributed by atoms with Crippen LogP contribution in [0.25, 0.3) is 0 Å². The first-order chi connectivity index (χ1) is 8.02. The highest BCUT2D eigenvalue weighted by Crippen LogP contribution is 2.11. The Labute approximate surface area is 102 Å². The van der Waals surface area contributed by atoms with E-state index in [9.17, 15) is 9.59 Å². The van der Waals surface area contributed by atoms with E-state index in [0.29, 0.717) is 11.5 Å². The summed E-state index contributed by atoms with van der Waals surface area (Å²) < 4.78 is 4.46. The van der Waals surface area contributed by atoms with Crippen LogP contribution in [-0.4, -0.2) is 18.9 Å². The number of Topliss-reactive ketones (excluding diaryl/α,β-unsaturated/α-hetero) is 1. The average molecular weight is 234 g/mol. The van der Waals surface area contributed by atoms with E-state index in [-0.39, 0.29) is 12.2 Å². The molecule has 3 heteroatoms. The van der Waals surface area contributed by atoms with Gasteiger partial charge in [0.25, 0.3) is 0 Å². The largest absolute Gasteiger partial charge is 0.469 e. The zero-order valence-electron chi connectivity index (χ0n) is 10.5. The van der Waals surface area contributed by atoms with E-state index >= 15 is 0 Å². The van der Waals surface area contributed by atoms with Crippen LogP contribution in [-0.2, 0) is 16.0 Å². The molecule has 3 nitrogen and oxygen atoms in total. The van der Waals surface area contributed by atoms with Crippen molar-refractivity contribution in [2.45, 2.75) is 26.7 Å². The third kappa shape index (κ3) is 4.39. The summed E-state index contributed by atoms with van der Waals surface area (Å²) in [6.45, 7) is 4.30. The molecule has 0 saturated carbocycles. The van der Waals surface area contributed by atoms with Crippen LogP contribution < -0.4 is 0 Å². The van der Waals surface area contributed by atoms with Crippen LogP contribution in [0.15, 0.2) is 24.3 Å². The first-order valence-corrected chi connectivity index (χ1v) is 5.72. The van der Waals surface area contributed by atoms with Crippen LogP contribution in [0.2, 0.25) is 0 Å². The molecule has 0 bridgehead atoms. The zero-order chi connectivity index (χ0) is 12.8. The normalized spacial score (nSPS) is 10.4. The smallest absolute Gasteiger partial charge is 0.313 e. The highest BCUT2D eigenvalue weighted by molar-refractivity contribution is 6.05. The summed E-state index contributed by atoms with van der Waals surface area (Å²) in [5.41, 5.74) is 1.76. The molecule has 0 aliphatic rings. The van der Waals surface area contributed by atoms with Crippen molar-refractivity contribution in [3.05, 3.63) is 35.4 Å². The van der Waals surface area contributed by atoms with Gasteiger partial charge in [0.2, 0.25) is 0 Å². The number of hydrogen-bond acceptors (Lipinski definition) is 3. The molecule has 1 aromatic carbocycles. The van der Waals surface area contributed by atoms with Gasteiger partial charge >= 0.3 is 5.97 Å².